The second-order valence-corrected chi connectivity index (χ2v) is 8.23. The van der Waals surface area contributed by atoms with Crippen LogP contribution in [0.15, 0.2) is 60.7 Å². The molecule has 0 spiro atoms. The Kier molecular flexibility index (Phi) is 6.35. The van der Waals surface area contributed by atoms with E-state index in [0.29, 0.717) is 23.5 Å². The predicted octanol–water partition coefficient (Wildman–Crippen LogP) is 4.13. The maximum absolute atomic E-state index is 14.1. The number of aromatic nitrogens is 3. The van der Waals surface area contributed by atoms with Crippen LogP contribution in [0.4, 0.5) is 10.2 Å². The molecular weight excluding hydrogens is 419 g/mol. The highest BCUT2D eigenvalue weighted by atomic mass is 19.1. The Morgan fingerprint density at radius 2 is 2.06 bits per heavy atom. The quantitative estimate of drug-likeness (QED) is 0.554. The monoisotopic (exact) mass is 446 g/mol. The Hall–Kier alpha value is -3.81. The van der Waals surface area contributed by atoms with Crippen LogP contribution in [-0.4, -0.2) is 52.7 Å². The molecule has 7 nitrogen and oxygen atoms in total. The van der Waals surface area contributed by atoms with Crippen LogP contribution in [0.3, 0.4) is 0 Å². The van der Waals surface area contributed by atoms with Crippen LogP contribution in [0.25, 0.3) is 16.5 Å². The zero-order chi connectivity index (χ0) is 23.5. The second-order valence-electron chi connectivity index (χ2n) is 8.23. The Balaban J connectivity index is 1.54. The number of amides is 1. The molecule has 2 N–H and O–H groups in total. The van der Waals surface area contributed by atoms with Crippen molar-refractivity contribution in [3.05, 3.63) is 77.5 Å². The van der Waals surface area contributed by atoms with Gasteiger partial charge in [-0.1, -0.05) is 25.1 Å². The molecule has 0 radical (unpaired) electrons. The number of benzene rings is 1. The van der Waals surface area contributed by atoms with Crippen LogP contribution >= 0.6 is 0 Å². The molecule has 2 aromatic heterocycles. The van der Waals surface area contributed by atoms with Gasteiger partial charge in [-0.25, -0.2) is 14.4 Å². The van der Waals surface area contributed by atoms with E-state index in [9.17, 15) is 9.18 Å². The number of nitrogens with zero attached hydrogens (tertiary/aromatic N) is 4. The largest absolute Gasteiger partial charge is 0.369 e. The van der Waals surface area contributed by atoms with Crippen molar-refractivity contribution in [2.75, 3.05) is 26.0 Å². The van der Waals surface area contributed by atoms with Gasteiger partial charge in [-0.15, -0.1) is 0 Å². The topological polar surface area (TPSA) is 83.0 Å². The van der Waals surface area contributed by atoms with E-state index < -0.39 is 6.30 Å². The van der Waals surface area contributed by atoms with Crippen molar-refractivity contribution < 1.29 is 9.18 Å². The molecule has 3 aromatic rings. The van der Waals surface area contributed by atoms with Crippen LogP contribution in [0.2, 0.25) is 0 Å². The standard InChI is InChI=1S/C25H27FN6O/c1-15-10-17(13-32(4)24(15)26)21-11-22(31-14-30-21)29-12-16(2)18-6-5-7-19-20(25(33)27-3)8-9-28-23(18)19/h5-11,13-14,16,24H,12H2,1-4H3,(H,27,33)(H,29,30,31)/t16-,24?/m1/s1. The predicted molar refractivity (Wildman–Crippen MR) is 128 cm³/mol. The molecule has 1 amide bonds. The molecule has 1 aliphatic heterocycles. The summed E-state index contributed by atoms with van der Waals surface area (Å²) in [6.07, 6.45) is 5.61. The third-order valence-corrected chi connectivity index (χ3v) is 5.82. The Morgan fingerprint density at radius 1 is 1.24 bits per heavy atom. The third kappa shape index (κ3) is 4.55. The van der Waals surface area contributed by atoms with E-state index in [-0.39, 0.29) is 11.8 Å². The highest BCUT2D eigenvalue weighted by Gasteiger charge is 2.20. The average molecular weight is 447 g/mol. The van der Waals surface area contributed by atoms with Gasteiger partial charge in [-0.3, -0.25) is 9.78 Å². The number of hydrogen-bond acceptors (Lipinski definition) is 6. The van der Waals surface area contributed by atoms with Gasteiger partial charge < -0.3 is 15.5 Å². The lowest BCUT2D eigenvalue weighted by Crippen LogP contribution is -2.26. The van der Waals surface area contributed by atoms with Crippen molar-refractivity contribution in [1.82, 2.24) is 25.2 Å². The summed E-state index contributed by atoms with van der Waals surface area (Å²) in [6, 6.07) is 9.49. The molecule has 0 saturated heterocycles. The lowest BCUT2D eigenvalue weighted by molar-refractivity contribution is 0.0964. The lowest BCUT2D eigenvalue weighted by atomic mass is 9.96. The molecule has 0 aliphatic carbocycles. The molecule has 1 aliphatic rings. The Labute approximate surface area is 192 Å². The van der Waals surface area contributed by atoms with Gasteiger partial charge in [0, 0.05) is 56.0 Å². The summed E-state index contributed by atoms with van der Waals surface area (Å²) in [7, 11) is 3.33. The van der Waals surface area contributed by atoms with Crippen molar-refractivity contribution in [3.8, 4) is 0 Å². The number of carbonyl (C=O) groups is 1. The highest BCUT2D eigenvalue weighted by Crippen LogP contribution is 2.28. The first kappa shape index (κ1) is 22.4. The van der Waals surface area contributed by atoms with E-state index in [2.05, 4.69) is 32.5 Å². The molecule has 8 heteroatoms. The van der Waals surface area contributed by atoms with Crippen LogP contribution in [0.1, 0.15) is 41.4 Å². The number of fused-ring (bicyclic) bond motifs is 1. The number of anilines is 1. The van der Waals surface area contributed by atoms with E-state index in [0.717, 1.165) is 27.7 Å². The first-order valence-electron chi connectivity index (χ1n) is 10.8. The van der Waals surface area contributed by atoms with Crippen molar-refractivity contribution in [3.63, 3.8) is 0 Å². The fourth-order valence-corrected chi connectivity index (χ4v) is 4.01. The molecule has 0 fully saturated rings. The highest BCUT2D eigenvalue weighted by molar-refractivity contribution is 6.06. The van der Waals surface area contributed by atoms with Gasteiger partial charge in [0.05, 0.1) is 16.8 Å². The molecule has 0 saturated carbocycles. The molecular formula is C25H27FN6O. The number of nitrogens with one attached hydrogen (secondary N) is 2. The van der Waals surface area contributed by atoms with E-state index in [1.54, 1.807) is 39.5 Å². The van der Waals surface area contributed by atoms with Crippen LogP contribution in [0, 0.1) is 0 Å². The van der Waals surface area contributed by atoms with E-state index >= 15 is 0 Å². The maximum Gasteiger partial charge on any atom is 0.251 e. The Bertz CT molecular complexity index is 1250. The number of likely N-dealkylation sites (N-methyl/N-ethyl adjacent to an activating group) is 1. The van der Waals surface area contributed by atoms with Gasteiger partial charge in [-0.05, 0) is 30.2 Å². The number of carbonyl (C=O) groups excluding carboxylic acids is 1. The summed E-state index contributed by atoms with van der Waals surface area (Å²) in [4.78, 5) is 27.0. The van der Waals surface area contributed by atoms with Gasteiger partial charge in [0.25, 0.3) is 5.91 Å². The minimum absolute atomic E-state index is 0.106. The summed E-state index contributed by atoms with van der Waals surface area (Å²) in [5.41, 5.74) is 4.66. The number of halogens is 1. The molecule has 4 rings (SSSR count). The number of hydrogen-bond donors (Lipinski definition) is 2. The first-order chi connectivity index (χ1) is 15.9. The SMILES string of the molecule is CNC(=O)c1ccnc2c([C@H](C)CNc3cc(C4=CN(C)C(F)C(C)=C4)ncn3)cccc12. The van der Waals surface area contributed by atoms with Gasteiger partial charge in [0.2, 0.25) is 0 Å². The van der Waals surface area contributed by atoms with Gasteiger partial charge in [0.1, 0.15) is 12.1 Å². The first-order valence-corrected chi connectivity index (χ1v) is 10.8. The summed E-state index contributed by atoms with van der Waals surface area (Å²) >= 11 is 0. The molecule has 3 heterocycles. The number of pyridine rings is 1. The number of allylic oxidation sites excluding steroid dienone is 2. The van der Waals surface area contributed by atoms with Crippen LogP contribution in [0.5, 0.6) is 0 Å². The molecule has 0 bridgehead atoms. The van der Waals surface area contributed by atoms with Gasteiger partial charge in [-0.2, -0.15) is 0 Å². The number of rotatable bonds is 6. The van der Waals surface area contributed by atoms with Gasteiger partial charge >= 0.3 is 0 Å². The van der Waals surface area contributed by atoms with Crippen LogP contribution < -0.4 is 10.6 Å². The third-order valence-electron chi connectivity index (χ3n) is 5.82. The zero-order valence-electron chi connectivity index (χ0n) is 19.1. The summed E-state index contributed by atoms with van der Waals surface area (Å²) in [5, 5.41) is 6.88. The fourth-order valence-electron chi connectivity index (χ4n) is 4.01. The lowest BCUT2D eigenvalue weighted by Gasteiger charge is -2.25. The van der Waals surface area contributed by atoms with Crippen molar-refractivity contribution in [1.29, 1.82) is 0 Å². The van der Waals surface area contributed by atoms with Crippen molar-refractivity contribution >= 4 is 28.2 Å². The van der Waals surface area contributed by atoms with Crippen LogP contribution in [-0.2, 0) is 0 Å². The van der Waals surface area contributed by atoms with Crippen molar-refractivity contribution in [2.24, 2.45) is 0 Å². The van der Waals surface area contributed by atoms with E-state index in [4.69, 9.17) is 0 Å². The minimum Gasteiger partial charge on any atom is -0.369 e. The Morgan fingerprint density at radius 3 is 2.82 bits per heavy atom. The number of alkyl halides is 1. The zero-order valence-corrected chi connectivity index (χ0v) is 19.1. The van der Waals surface area contributed by atoms with Crippen molar-refractivity contribution in [2.45, 2.75) is 26.1 Å². The average Bonchev–Trinajstić information content (AvgIpc) is 2.84. The summed E-state index contributed by atoms with van der Waals surface area (Å²) in [5.74, 6) is 0.655. The van der Waals surface area contributed by atoms with E-state index in [1.807, 2.05) is 30.3 Å². The molecule has 2 atom stereocenters. The molecule has 1 aromatic carbocycles. The van der Waals surface area contributed by atoms with Gasteiger partial charge in [0.15, 0.2) is 6.30 Å². The minimum atomic E-state index is -1.12. The van der Waals surface area contributed by atoms with E-state index in [1.165, 1.54) is 11.2 Å². The fraction of sp³-hybridized carbons (Fsp3) is 0.280. The molecule has 33 heavy (non-hydrogen) atoms. The maximum atomic E-state index is 14.1. The summed E-state index contributed by atoms with van der Waals surface area (Å²) in [6.45, 7) is 4.48. The second kappa shape index (κ2) is 9.36. The normalized spacial score (nSPS) is 16.8. The smallest absolute Gasteiger partial charge is 0.251 e. The number of para-hydroxylation sites is 1. The molecule has 170 valence electrons. The summed E-state index contributed by atoms with van der Waals surface area (Å²) < 4.78 is 14.1. The molecule has 1 unspecified atom stereocenters.